The van der Waals surface area contributed by atoms with Gasteiger partial charge in [0.2, 0.25) is 0 Å². The van der Waals surface area contributed by atoms with Crippen LogP contribution in [0.1, 0.15) is 232 Å². The summed E-state index contributed by atoms with van der Waals surface area (Å²) >= 11 is 0. The van der Waals surface area contributed by atoms with Crippen LogP contribution < -0.4 is 0 Å². The molecule has 0 saturated carbocycles. The molecule has 0 aliphatic carbocycles. The summed E-state index contributed by atoms with van der Waals surface area (Å²) in [6.07, 6.45) is 39.8. The fourth-order valence-corrected chi connectivity index (χ4v) is 6.70. The Balaban J connectivity index is 0. The molecule has 0 radical (unpaired) electrons. The van der Waals surface area contributed by atoms with Crippen LogP contribution in [0.15, 0.2) is 0 Å². The molecule has 8 heteroatoms. The zero-order chi connectivity index (χ0) is 37.6. The van der Waals surface area contributed by atoms with Crippen molar-refractivity contribution in [1.82, 2.24) is 0 Å². The van der Waals surface area contributed by atoms with Crippen LogP contribution in [0.5, 0.6) is 0 Å². The first kappa shape index (κ1) is 50.4. The lowest BCUT2D eigenvalue weighted by atomic mass is 9.81. The van der Waals surface area contributed by atoms with E-state index in [1.807, 2.05) is 0 Å². The van der Waals surface area contributed by atoms with Crippen LogP contribution in [0.25, 0.3) is 0 Å². The van der Waals surface area contributed by atoms with Crippen molar-refractivity contribution in [2.45, 2.75) is 238 Å². The van der Waals surface area contributed by atoms with Crippen molar-refractivity contribution in [3.63, 3.8) is 0 Å². The van der Waals surface area contributed by atoms with E-state index in [2.05, 4.69) is 13.8 Å². The molecule has 0 fully saturated rings. The Morgan fingerprint density at radius 1 is 0.440 bits per heavy atom. The van der Waals surface area contributed by atoms with Gasteiger partial charge in [-0.2, -0.15) is 0 Å². The first-order valence-electron chi connectivity index (χ1n) is 21.2. The van der Waals surface area contributed by atoms with Gasteiger partial charge in [0.25, 0.3) is 0 Å². The van der Waals surface area contributed by atoms with E-state index in [1.165, 1.54) is 167 Å². The van der Waals surface area contributed by atoms with Crippen LogP contribution in [-0.2, 0) is 14.4 Å². The van der Waals surface area contributed by atoms with E-state index < -0.39 is 35.8 Å². The van der Waals surface area contributed by atoms with Crippen LogP contribution in [0.4, 0.5) is 0 Å². The second-order valence-corrected chi connectivity index (χ2v) is 14.8. The Hall–Kier alpha value is -1.67. The third-order valence-electron chi connectivity index (χ3n) is 10.0. The highest BCUT2D eigenvalue weighted by Crippen LogP contribution is 2.28. The molecule has 2 atom stereocenters. The smallest absolute Gasteiger partial charge is 0.337 e. The highest BCUT2D eigenvalue weighted by Gasteiger charge is 2.49. The number of aliphatic carboxylic acids is 3. The van der Waals surface area contributed by atoms with Crippen molar-refractivity contribution in [2.75, 3.05) is 6.61 Å². The fraction of sp³-hybridized carbons (Fsp3) is 0.929. The maximum absolute atomic E-state index is 11.4. The molecule has 50 heavy (non-hydrogen) atoms. The average Bonchev–Trinajstić information content (AvgIpc) is 3.07. The second kappa shape index (κ2) is 38.6. The van der Waals surface area contributed by atoms with E-state index in [-0.39, 0.29) is 6.42 Å². The normalized spacial score (nSPS) is 13.0. The summed E-state index contributed by atoms with van der Waals surface area (Å²) in [6, 6.07) is 0. The van der Waals surface area contributed by atoms with Gasteiger partial charge in [-0.3, -0.25) is 9.59 Å². The number of hydrogen-bond donors (Lipinski definition) is 5. The van der Waals surface area contributed by atoms with Gasteiger partial charge in [-0.05, 0) is 12.8 Å². The molecule has 0 aromatic rings. The predicted molar refractivity (Wildman–Crippen MR) is 207 cm³/mol. The van der Waals surface area contributed by atoms with Gasteiger partial charge in [-0.15, -0.1) is 0 Å². The van der Waals surface area contributed by atoms with Gasteiger partial charge in [0.15, 0.2) is 5.60 Å². The lowest BCUT2D eigenvalue weighted by molar-refractivity contribution is -0.179. The molecule has 5 N–H and O–H groups in total. The van der Waals surface area contributed by atoms with E-state index in [9.17, 15) is 24.6 Å². The molecule has 0 rings (SSSR count). The van der Waals surface area contributed by atoms with Crippen molar-refractivity contribution in [3.8, 4) is 0 Å². The molecule has 298 valence electrons. The summed E-state index contributed by atoms with van der Waals surface area (Å²) < 4.78 is 0. The summed E-state index contributed by atoms with van der Waals surface area (Å²) in [5.41, 5.74) is -2.78. The van der Waals surface area contributed by atoms with Crippen LogP contribution in [0.3, 0.4) is 0 Å². The highest BCUT2D eigenvalue weighted by molar-refractivity contribution is 5.89. The molecule has 0 aliphatic heterocycles. The van der Waals surface area contributed by atoms with Crippen LogP contribution in [-0.4, -0.2) is 55.6 Å². The van der Waals surface area contributed by atoms with E-state index in [1.54, 1.807) is 0 Å². The minimum atomic E-state index is -2.78. The summed E-state index contributed by atoms with van der Waals surface area (Å²) in [5, 5.41) is 46.1. The van der Waals surface area contributed by atoms with Gasteiger partial charge < -0.3 is 25.5 Å². The zero-order valence-corrected chi connectivity index (χ0v) is 32.8. The van der Waals surface area contributed by atoms with Gasteiger partial charge in [-0.1, -0.05) is 213 Å². The third kappa shape index (κ3) is 33.5. The van der Waals surface area contributed by atoms with Crippen LogP contribution >= 0.6 is 0 Å². The van der Waals surface area contributed by atoms with E-state index in [0.717, 1.165) is 32.1 Å². The van der Waals surface area contributed by atoms with Crippen LogP contribution in [0, 0.1) is 5.92 Å². The standard InChI is InChI=1S/C24H44O7.C18H38O/c1-2-3-4-5-6-7-8-9-10-11-12-13-14-15-16-17-18-20(22(27)28)24(31,23(29)30)19-21(25)26;1-2-3-4-5-6-7-8-9-10-11-12-13-14-15-16-17-18-19/h20,31H,2-19H2,1H3,(H,25,26)(H,27,28)(H,29,30);19H,2-18H2,1H3. The Labute approximate surface area is 307 Å². The Morgan fingerprint density at radius 2 is 0.700 bits per heavy atom. The zero-order valence-electron chi connectivity index (χ0n) is 32.8. The summed E-state index contributed by atoms with van der Waals surface area (Å²) in [6.45, 7) is 4.90. The molecule has 0 aromatic carbocycles. The SMILES string of the molecule is CCCCCCCCCCCCCCCCCCC(C(=O)O)C(O)(CC(=O)O)C(=O)O.CCCCCCCCCCCCCCCCCCO. The number of carbonyl (C=O) groups is 3. The topological polar surface area (TPSA) is 152 Å². The van der Waals surface area contributed by atoms with Crippen LogP contribution in [0.2, 0.25) is 0 Å². The molecule has 0 amide bonds. The molecule has 0 aromatic heterocycles. The minimum Gasteiger partial charge on any atom is -0.481 e. The maximum atomic E-state index is 11.4. The summed E-state index contributed by atoms with van der Waals surface area (Å²) in [7, 11) is 0. The number of rotatable bonds is 38. The molecule has 8 nitrogen and oxygen atoms in total. The Bertz CT molecular complexity index is 742. The minimum absolute atomic E-state index is 0.0517. The third-order valence-corrected chi connectivity index (χ3v) is 10.0. The van der Waals surface area contributed by atoms with Crippen molar-refractivity contribution in [2.24, 2.45) is 5.92 Å². The first-order valence-corrected chi connectivity index (χ1v) is 21.2. The largest absolute Gasteiger partial charge is 0.481 e. The molecule has 0 saturated heterocycles. The number of carboxylic acid groups (broad SMARTS) is 3. The predicted octanol–water partition coefficient (Wildman–Crippen LogP) is 11.9. The molecular weight excluding hydrogens is 632 g/mol. The lowest BCUT2D eigenvalue weighted by Gasteiger charge is -2.28. The number of aliphatic hydroxyl groups excluding tert-OH is 1. The van der Waals surface area contributed by atoms with Crippen molar-refractivity contribution in [1.29, 1.82) is 0 Å². The van der Waals surface area contributed by atoms with Gasteiger partial charge in [0.1, 0.15) is 0 Å². The number of hydrogen-bond acceptors (Lipinski definition) is 5. The molecule has 0 heterocycles. The fourth-order valence-electron chi connectivity index (χ4n) is 6.70. The molecule has 0 spiro atoms. The Morgan fingerprint density at radius 3 is 0.920 bits per heavy atom. The molecule has 0 aliphatic rings. The number of carboxylic acids is 3. The molecular formula is C42H82O8. The number of unbranched alkanes of at least 4 members (excludes halogenated alkanes) is 30. The quantitative estimate of drug-likeness (QED) is 0.0396. The Kier molecular flexibility index (Phi) is 38.9. The average molecular weight is 715 g/mol. The molecule has 0 bridgehead atoms. The summed E-state index contributed by atoms with van der Waals surface area (Å²) in [4.78, 5) is 33.6. The second-order valence-electron chi connectivity index (χ2n) is 14.8. The van der Waals surface area contributed by atoms with E-state index in [0.29, 0.717) is 13.0 Å². The van der Waals surface area contributed by atoms with Gasteiger partial charge in [-0.25, -0.2) is 4.79 Å². The highest BCUT2D eigenvalue weighted by atomic mass is 16.4. The maximum Gasteiger partial charge on any atom is 0.337 e. The van der Waals surface area contributed by atoms with E-state index >= 15 is 0 Å². The van der Waals surface area contributed by atoms with Crippen molar-refractivity contribution in [3.05, 3.63) is 0 Å². The monoisotopic (exact) mass is 715 g/mol. The van der Waals surface area contributed by atoms with Crippen molar-refractivity contribution < 1.29 is 39.9 Å². The number of aliphatic hydroxyl groups is 2. The lowest BCUT2D eigenvalue weighted by Crippen LogP contribution is -2.50. The van der Waals surface area contributed by atoms with Gasteiger partial charge >= 0.3 is 17.9 Å². The van der Waals surface area contributed by atoms with Crippen molar-refractivity contribution >= 4 is 17.9 Å². The van der Waals surface area contributed by atoms with Gasteiger partial charge in [0.05, 0.1) is 12.3 Å². The first-order chi connectivity index (χ1) is 24.2. The van der Waals surface area contributed by atoms with E-state index in [4.69, 9.17) is 15.3 Å². The molecule has 2 unspecified atom stereocenters. The van der Waals surface area contributed by atoms with Gasteiger partial charge in [0, 0.05) is 6.61 Å². The summed E-state index contributed by atoms with van der Waals surface area (Å²) in [5.74, 6) is -6.46.